The molecule has 2 aromatic rings. The number of ether oxygens (including phenoxy) is 2. The molecule has 8 heteroatoms. The van der Waals surface area contributed by atoms with Gasteiger partial charge in [0.05, 0.1) is 25.8 Å². The number of hydrogen-bond donors (Lipinski definition) is 2. The van der Waals surface area contributed by atoms with Gasteiger partial charge in [-0.15, -0.1) is 0 Å². The highest BCUT2D eigenvalue weighted by molar-refractivity contribution is 7.98. The summed E-state index contributed by atoms with van der Waals surface area (Å²) in [5.74, 6) is 1.58. The minimum atomic E-state index is -0.627. The number of hydrogen-bond acceptors (Lipinski definition) is 6. The number of rotatable bonds is 12. The standard InChI is InChI=1S/C27H37N3O4S/c1-33-21-13-11-20(12-14-21)24(30-16-7-4-8-17-30)19-28-27(32)23(15-18-35-3)29-26(31)22-9-5-6-10-25(22)34-2/h5-6,9-14,23-24H,4,7-8,15-19H2,1-3H3,(H,28,32)(H,29,31)/t23-,24+/m1/s1. The molecular weight excluding hydrogens is 462 g/mol. The molecule has 1 aliphatic heterocycles. The SMILES string of the molecule is COc1ccc([C@H](CNC(=O)[C@@H](CCSC)NC(=O)c2ccccc2OC)N2CCCCC2)cc1. The lowest BCUT2D eigenvalue weighted by molar-refractivity contribution is -0.123. The molecule has 2 N–H and O–H groups in total. The van der Waals surface area contributed by atoms with Gasteiger partial charge in [0.25, 0.3) is 5.91 Å². The minimum Gasteiger partial charge on any atom is -0.497 e. The maximum atomic E-state index is 13.3. The molecule has 0 spiro atoms. The monoisotopic (exact) mass is 499 g/mol. The lowest BCUT2D eigenvalue weighted by atomic mass is 10.0. The fraction of sp³-hybridized carbons (Fsp3) is 0.481. The van der Waals surface area contributed by atoms with E-state index in [1.807, 2.05) is 24.5 Å². The molecule has 0 radical (unpaired) electrons. The second kappa shape index (κ2) is 14.0. The normalized spacial score (nSPS) is 15.6. The highest BCUT2D eigenvalue weighted by Gasteiger charge is 2.26. The Morgan fingerprint density at radius 2 is 1.71 bits per heavy atom. The van der Waals surface area contributed by atoms with E-state index in [-0.39, 0.29) is 17.9 Å². The van der Waals surface area contributed by atoms with E-state index in [0.29, 0.717) is 24.3 Å². The summed E-state index contributed by atoms with van der Waals surface area (Å²) in [6.07, 6.45) is 6.10. The van der Waals surface area contributed by atoms with Gasteiger partial charge >= 0.3 is 0 Å². The first-order chi connectivity index (χ1) is 17.1. The summed E-state index contributed by atoms with van der Waals surface area (Å²) in [4.78, 5) is 28.7. The number of nitrogens with one attached hydrogen (secondary N) is 2. The van der Waals surface area contributed by atoms with E-state index in [1.165, 1.54) is 13.5 Å². The van der Waals surface area contributed by atoms with Crippen LogP contribution in [-0.2, 0) is 4.79 Å². The van der Waals surface area contributed by atoms with E-state index in [0.717, 1.165) is 43.0 Å². The molecule has 3 rings (SSSR count). The van der Waals surface area contributed by atoms with Crippen molar-refractivity contribution in [3.05, 3.63) is 59.7 Å². The van der Waals surface area contributed by atoms with Gasteiger partial charge in [0.1, 0.15) is 17.5 Å². The lowest BCUT2D eigenvalue weighted by Gasteiger charge is -2.35. The Morgan fingerprint density at radius 1 is 1.00 bits per heavy atom. The molecule has 190 valence electrons. The first-order valence-corrected chi connectivity index (χ1v) is 13.5. The van der Waals surface area contributed by atoms with Crippen molar-refractivity contribution in [1.82, 2.24) is 15.5 Å². The summed E-state index contributed by atoms with van der Waals surface area (Å²) in [6.45, 7) is 2.49. The summed E-state index contributed by atoms with van der Waals surface area (Å²) in [6, 6.07) is 14.5. The van der Waals surface area contributed by atoms with E-state index in [4.69, 9.17) is 9.47 Å². The van der Waals surface area contributed by atoms with Crippen LogP contribution in [0.3, 0.4) is 0 Å². The fourth-order valence-corrected chi connectivity index (χ4v) is 4.88. The van der Waals surface area contributed by atoms with Crippen LogP contribution >= 0.6 is 11.8 Å². The van der Waals surface area contributed by atoms with Crippen molar-refractivity contribution in [3.8, 4) is 11.5 Å². The molecule has 0 unspecified atom stereocenters. The molecule has 1 fully saturated rings. The Kier molecular flexibility index (Phi) is 10.8. The third kappa shape index (κ3) is 7.64. The fourth-order valence-electron chi connectivity index (χ4n) is 4.41. The smallest absolute Gasteiger partial charge is 0.255 e. The topological polar surface area (TPSA) is 79.9 Å². The third-order valence-corrected chi connectivity index (χ3v) is 7.03. The molecule has 0 aromatic heterocycles. The van der Waals surface area contributed by atoms with Gasteiger partial charge in [-0.1, -0.05) is 30.7 Å². The van der Waals surface area contributed by atoms with Crippen molar-refractivity contribution in [2.24, 2.45) is 0 Å². The van der Waals surface area contributed by atoms with Gasteiger partial charge in [0.2, 0.25) is 5.91 Å². The molecule has 0 aliphatic carbocycles. The molecule has 1 heterocycles. The van der Waals surface area contributed by atoms with E-state index >= 15 is 0 Å². The Morgan fingerprint density at radius 3 is 2.37 bits per heavy atom. The number of piperidine rings is 1. The summed E-state index contributed by atoms with van der Waals surface area (Å²) < 4.78 is 10.6. The van der Waals surface area contributed by atoms with Crippen LogP contribution in [0.1, 0.15) is 47.6 Å². The van der Waals surface area contributed by atoms with Crippen LogP contribution in [-0.4, -0.2) is 68.6 Å². The highest BCUT2D eigenvalue weighted by Crippen LogP contribution is 2.26. The zero-order chi connectivity index (χ0) is 25.0. The Hall–Kier alpha value is -2.71. The van der Waals surface area contributed by atoms with Gasteiger partial charge in [-0.2, -0.15) is 11.8 Å². The minimum absolute atomic E-state index is 0.0660. The number of nitrogens with zero attached hydrogens (tertiary/aromatic N) is 1. The predicted octanol–water partition coefficient (Wildman–Crippen LogP) is 3.90. The zero-order valence-corrected chi connectivity index (χ0v) is 21.7. The van der Waals surface area contributed by atoms with Crippen molar-refractivity contribution in [1.29, 1.82) is 0 Å². The molecule has 0 saturated carbocycles. The largest absolute Gasteiger partial charge is 0.497 e. The van der Waals surface area contributed by atoms with Crippen LogP contribution in [0.2, 0.25) is 0 Å². The molecule has 2 amide bonds. The maximum absolute atomic E-state index is 13.3. The quantitative estimate of drug-likeness (QED) is 0.461. The van der Waals surface area contributed by atoms with Gasteiger partial charge in [0.15, 0.2) is 0 Å². The summed E-state index contributed by atoms with van der Waals surface area (Å²) in [5.41, 5.74) is 1.56. The Bertz CT molecular complexity index is 948. The molecule has 1 aliphatic rings. The van der Waals surface area contributed by atoms with Crippen LogP contribution in [0.25, 0.3) is 0 Å². The number of methoxy groups -OCH3 is 2. The van der Waals surface area contributed by atoms with E-state index < -0.39 is 6.04 Å². The van der Waals surface area contributed by atoms with Crippen LogP contribution in [0.15, 0.2) is 48.5 Å². The summed E-state index contributed by atoms with van der Waals surface area (Å²) >= 11 is 1.65. The second-order valence-corrected chi connectivity index (χ2v) is 9.62. The third-order valence-electron chi connectivity index (χ3n) is 6.39. The molecule has 0 bridgehead atoms. The number of carbonyl (C=O) groups is 2. The van der Waals surface area contributed by atoms with Crippen LogP contribution in [0, 0.1) is 0 Å². The molecule has 2 atom stereocenters. The number of likely N-dealkylation sites (tertiary alicyclic amines) is 1. The lowest BCUT2D eigenvalue weighted by Crippen LogP contribution is -2.49. The van der Waals surface area contributed by atoms with Crippen molar-refractivity contribution >= 4 is 23.6 Å². The number of amides is 2. The number of benzene rings is 2. The number of carbonyl (C=O) groups excluding carboxylic acids is 2. The average Bonchev–Trinajstić information content (AvgIpc) is 2.91. The van der Waals surface area contributed by atoms with Gasteiger partial charge < -0.3 is 20.1 Å². The van der Waals surface area contributed by atoms with Gasteiger partial charge in [-0.05, 0) is 74.2 Å². The molecule has 1 saturated heterocycles. The van der Waals surface area contributed by atoms with E-state index in [2.05, 4.69) is 27.7 Å². The number of para-hydroxylation sites is 1. The first-order valence-electron chi connectivity index (χ1n) is 12.2. The van der Waals surface area contributed by atoms with Gasteiger partial charge in [-0.25, -0.2) is 0 Å². The van der Waals surface area contributed by atoms with Crippen LogP contribution in [0.4, 0.5) is 0 Å². The molecule has 7 nitrogen and oxygen atoms in total. The first kappa shape index (κ1) is 26.9. The van der Waals surface area contributed by atoms with Gasteiger partial charge in [0, 0.05) is 6.54 Å². The van der Waals surface area contributed by atoms with Crippen LogP contribution < -0.4 is 20.1 Å². The molecule has 2 aromatic carbocycles. The van der Waals surface area contributed by atoms with E-state index in [1.54, 1.807) is 37.1 Å². The highest BCUT2D eigenvalue weighted by atomic mass is 32.2. The maximum Gasteiger partial charge on any atom is 0.255 e. The van der Waals surface area contributed by atoms with Crippen molar-refractivity contribution in [3.63, 3.8) is 0 Å². The van der Waals surface area contributed by atoms with Crippen LogP contribution in [0.5, 0.6) is 11.5 Å². The van der Waals surface area contributed by atoms with E-state index in [9.17, 15) is 9.59 Å². The van der Waals surface area contributed by atoms with Crippen molar-refractivity contribution < 1.29 is 19.1 Å². The van der Waals surface area contributed by atoms with Crippen molar-refractivity contribution in [2.45, 2.75) is 37.8 Å². The average molecular weight is 500 g/mol. The Balaban J connectivity index is 1.71. The van der Waals surface area contributed by atoms with Crippen molar-refractivity contribution in [2.75, 3.05) is 45.9 Å². The molecular formula is C27H37N3O4S. The number of thioether (sulfide) groups is 1. The van der Waals surface area contributed by atoms with Gasteiger partial charge in [-0.3, -0.25) is 14.5 Å². The summed E-state index contributed by atoms with van der Waals surface area (Å²) in [5, 5.41) is 6.06. The zero-order valence-electron chi connectivity index (χ0n) is 20.9. The molecule has 35 heavy (non-hydrogen) atoms. The summed E-state index contributed by atoms with van der Waals surface area (Å²) in [7, 11) is 3.19. The second-order valence-electron chi connectivity index (χ2n) is 8.64. The predicted molar refractivity (Wildman–Crippen MR) is 141 cm³/mol. The Labute approximate surface area is 212 Å².